The lowest BCUT2D eigenvalue weighted by molar-refractivity contribution is 0.0373. The fraction of sp³-hybridized carbons (Fsp3) is 0.273. The maximum Gasteiger partial charge on any atom is 0.142 e. The van der Waals surface area contributed by atoms with Crippen LogP contribution >= 0.6 is 0 Å². The Hall–Kier alpha value is -2.68. The van der Waals surface area contributed by atoms with Crippen LogP contribution < -0.4 is 0 Å². The molecule has 0 fully saturated rings. The van der Waals surface area contributed by atoms with E-state index in [0.717, 1.165) is 28.9 Å². The molecule has 3 aromatic rings. The van der Waals surface area contributed by atoms with Gasteiger partial charge in [0.1, 0.15) is 6.10 Å². The van der Waals surface area contributed by atoms with Gasteiger partial charge < -0.3 is 4.84 Å². The molecular formula is C22H22N2O. The number of nitrogens with zero attached hydrogens (tertiary/aromatic N) is 2. The van der Waals surface area contributed by atoms with Gasteiger partial charge in [0.2, 0.25) is 0 Å². The van der Waals surface area contributed by atoms with E-state index in [1.54, 1.807) is 0 Å². The topological polar surface area (TPSA) is 34.5 Å². The van der Waals surface area contributed by atoms with Crippen molar-refractivity contribution in [3.05, 3.63) is 77.5 Å². The molecule has 0 saturated carbocycles. The quantitative estimate of drug-likeness (QED) is 0.683. The molecule has 0 saturated heterocycles. The molecule has 3 heteroatoms. The molecule has 2 heterocycles. The van der Waals surface area contributed by atoms with Gasteiger partial charge in [-0.2, -0.15) is 0 Å². The lowest BCUT2D eigenvalue weighted by Crippen LogP contribution is -2.34. The van der Waals surface area contributed by atoms with E-state index in [9.17, 15) is 0 Å². The van der Waals surface area contributed by atoms with E-state index >= 15 is 0 Å². The molecule has 0 aliphatic carbocycles. The van der Waals surface area contributed by atoms with E-state index in [1.165, 1.54) is 10.9 Å². The standard InChI is InChI=1S/C22H22N2O/c1-15-13-17(18-11-7-8-12-19(18)23-15)14-20-22(2,3)21(24-25-20)16-9-5-4-6-10-16/h4-13,20H,14H2,1-3H3. The summed E-state index contributed by atoms with van der Waals surface area (Å²) in [6.45, 7) is 6.47. The fourth-order valence-corrected chi connectivity index (χ4v) is 3.59. The average Bonchev–Trinajstić information content (AvgIpc) is 2.90. The Morgan fingerprint density at radius 1 is 1.00 bits per heavy atom. The van der Waals surface area contributed by atoms with Gasteiger partial charge >= 0.3 is 0 Å². The van der Waals surface area contributed by atoms with Crippen molar-refractivity contribution in [3.8, 4) is 0 Å². The second-order valence-electron chi connectivity index (χ2n) is 7.27. The third kappa shape index (κ3) is 2.80. The summed E-state index contributed by atoms with van der Waals surface area (Å²) in [6, 6.07) is 20.8. The first-order valence-corrected chi connectivity index (χ1v) is 8.70. The summed E-state index contributed by atoms with van der Waals surface area (Å²) in [5.41, 5.74) is 5.34. The van der Waals surface area contributed by atoms with Crippen molar-refractivity contribution in [2.75, 3.05) is 0 Å². The van der Waals surface area contributed by atoms with Gasteiger partial charge in [0.05, 0.1) is 16.6 Å². The zero-order chi connectivity index (χ0) is 17.4. The summed E-state index contributed by atoms with van der Waals surface area (Å²) in [4.78, 5) is 10.5. The molecule has 1 aromatic heterocycles. The van der Waals surface area contributed by atoms with Crippen LogP contribution in [-0.2, 0) is 11.3 Å². The Balaban J connectivity index is 1.67. The van der Waals surface area contributed by atoms with Gasteiger partial charge in [-0.1, -0.05) is 67.5 Å². The fourth-order valence-electron chi connectivity index (χ4n) is 3.59. The molecule has 1 atom stereocenters. The van der Waals surface area contributed by atoms with E-state index in [0.29, 0.717) is 0 Å². The molecule has 126 valence electrons. The second-order valence-corrected chi connectivity index (χ2v) is 7.27. The summed E-state index contributed by atoms with van der Waals surface area (Å²) in [7, 11) is 0. The Bertz CT molecular complexity index is 945. The van der Waals surface area contributed by atoms with E-state index < -0.39 is 0 Å². The van der Waals surface area contributed by atoms with Gasteiger partial charge in [-0.05, 0) is 30.2 Å². The largest absolute Gasteiger partial charge is 0.391 e. The first-order chi connectivity index (χ1) is 12.1. The van der Waals surface area contributed by atoms with Crippen LogP contribution in [0.3, 0.4) is 0 Å². The smallest absolute Gasteiger partial charge is 0.142 e. The van der Waals surface area contributed by atoms with Gasteiger partial charge in [-0.15, -0.1) is 0 Å². The first kappa shape index (κ1) is 15.8. The number of rotatable bonds is 3. The minimum atomic E-state index is -0.153. The van der Waals surface area contributed by atoms with Crippen LogP contribution in [-0.4, -0.2) is 16.8 Å². The predicted octanol–water partition coefficient (Wildman–Crippen LogP) is 4.92. The average molecular weight is 330 g/mol. The number of oxime groups is 1. The number of aryl methyl sites for hydroxylation is 1. The first-order valence-electron chi connectivity index (χ1n) is 8.70. The van der Waals surface area contributed by atoms with Crippen LogP contribution in [0.2, 0.25) is 0 Å². The highest BCUT2D eigenvalue weighted by molar-refractivity contribution is 6.05. The van der Waals surface area contributed by atoms with Crippen LogP contribution in [0.1, 0.15) is 30.7 Å². The van der Waals surface area contributed by atoms with Crippen LogP contribution in [0, 0.1) is 12.3 Å². The number of hydrogen-bond acceptors (Lipinski definition) is 3. The highest BCUT2D eigenvalue weighted by Gasteiger charge is 2.42. The number of aromatic nitrogens is 1. The molecule has 0 spiro atoms. The number of pyridine rings is 1. The molecule has 4 rings (SSSR count). The van der Waals surface area contributed by atoms with Crippen LogP contribution in [0.4, 0.5) is 0 Å². The Kier molecular flexibility index (Phi) is 3.79. The molecule has 1 aliphatic rings. The summed E-state index contributed by atoms with van der Waals surface area (Å²) >= 11 is 0. The molecule has 25 heavy (non-hydrogen) atoms. The number of hydrogen-bond donors (Lipinski definition) is 0. The predicted molar refractivity (Wildman–Crippen MR) is 102 cm³/mol. The van der Waals surface area contributed by atoms with Gasteiger partial charge in [-0.3, -0.25) is 4.98 Å². The molecule has 0 N–H and O–H groups in total. The number of para-hydroxylation sites is 1. The third-order valence-corrected chi connectivity index (χ3v) is 5.07. The van der Waals surface area contributed by atoms with Crippen LogP contribution in [0.15, 0.2) is 65.8 Å². The van der Waals surface area contributed by atoms with Crippen molar-refractivity contribution >= 4 is 16.6 Å². The molecular weight excluding hydrogens is 308 g/mol. The molecule has 1 aliphatic heterocycles. The van der Waals surface area contributed by atoms with Crippen molar-refractivity contribution in [1.82, 2.24) is 4.98 Å². The Labute approximate surface area is 148 Å². The van der Waals surface area contributed by atoms with Crippen molar-refractivity contribution in [3.63, 3.8) is 0 Å². The van der Waals surface area contributed by atoms with Crippen molar-refractivity contribution < 1.29 is 4.84 Å². The van der Waals surface area contributed by atoms with Gasteiger partial charge in [0, 0.05) is 17.5 Å². The lowest BCUT2D eigenvalue weighted by Gasteiger charge is -2.26. The SMILES string of the molecule is Cc1cc(CC2ON=C(c3ccccc3)C2(C)C)c2ccccc2n1. The van der Waals surface area contributed by atoms with Crippen LogP contribution in [0.5, 0.6) is 0 Å². The molecule has 0 amide bonds. The lowest BCUT2D eigenvalue weighted by atomic mass is 9.77. The highest BCUT2D eigenvalue weighted by Crippen LogP contribution is 2.37. The molecule has 0 radical (unpaired) electrons. The zero-order valence-corrected chi connectivity index (χ0v) is 14.9. The summed E-state index contributed by atoms with van der Waals surface area (Å²) in [5, 5.41) is 5.63. The molecule has 0 bridgehead atoms. The number of fused-ring (bicyclic) bond motifs is 1. The van der Waals surface area contributed by atoms with E-state index in [1.807, 2.05) is 31.2 Å². The van der Waals surface area contributed by atoms with Crippen molar-refractivity contribution in [2.45, 2.75) is 33.3 Å². The highest BCUT2D eigenvalue weighted by atomic mass is 16.6. The third-order valence-electron chi connectivity index (χ3n) is 5.07. The normalized spacial score (nSPS) is 18.8. The monoisotopic (exact) mass is 330 g/mol. The maximum absolute atomic E-state index is 5.90. The van der Waals surface area contributed by atoms with E-state index in [4.69, 9.17) is 4.84 Å². The minimum Gasteiger partial charge on any atom is -0.391 e. The van der Waals surface area contributed by atoms with Gasteiger partial charge in [0.15, 0.2) is 0 Å². The Morgan fingerprint density at radius 2 is 1.72 bits per heavy atom. The summed E-state index contributed by atoms with van der Waals surface area (Å²) in [6.07, 6.45) is 0.824. The Morgan fingerprint density at radius 3 is 2.52 bits per heavy atom. The molecule has 2 aromatic carbocycles. The zero-order valence-electron chi connectivity index (χ0n) is 14.9. The van der Waals surface area contributed by atoms with E-state index in [2.05, 4.69) is 60.4 Å². The maximum atomic E-state index is 5.90. The van der Waals surface area contributed by atoms with Gasteiger partial charge in [0.25, 0.3) is 0 Å². The summed E-state index contributed by atoms with van der Waals surface area (Å²) in [5.74, 6) is 0. The van der Waals surface area contributed by atoms with Crippen LogP contribution in [0.25, 0.3) is 10.9 Å². The number of benzene rings is 2. The molecule has 1 unspecified atom stereocenters. The summed E-state index contributed by atoms with van der Waals surface area (Å²) < 4.78 is 0. The minimum absolute atomic E-state index is 0.00733. The van der Waals surface area contributed by atoms with Crippen molar-refractivity contribution in [1.29, 1.82) is 0 Å². The van der Waals surface area contributed by atoms with E-state index in [-0.39, 0.29) is 11.5 Å². The second kappa shape index (κ2) is 5.99. The van der Waals surface area contributed by atoms with Gasteiger partial charge in [-0.25, -0.2) is 0 Å². The van der Waals surface area contributed by atoms with Crippen molar-refractivity contribution in [2.24, 2.45) is 10.6 Å². The molecule has 3 nitrogen and oxygen atoms in total.